The molecule has 0 unspecified atom stereocenters. The van der Waals surface area contributed by atoms with E-state index in [9.17, 15) is 18.0 Å². The number of hydrogen-bond acceptors (Lipinski definition) is 5. The van der Waals surface area contributed by atoms with Gasteiger partial charge < -0.3 is 10.8 Å². The van der Waals surface area contributed by atoms with Crippen LogP contribution in [0.3, 0.4) is 0 Å². The molecule has 0 aliphatic rings. The van der Waals surface area contributed by atoms with Crippen molar-refractivity contribution in [1.29, 1.82) is 0 Å². The molecule has 8 nitrogen and oxygen atoms in total. The number of amides is 1. The third-order valence-corrected chi connectivity index (χ3v) is 3.47. The largest absolute Gasteiger partial charge is 0.481 e. The van der Waals surface area contributed by atoms with Crippen molar-refractivity contribution in [1.82, 2.24) is 4.89 Å². The highest BCUT2D eigenvalue weighted by molar-refractivity contribution is 7.89. The molecule has 0 aromatic heterocycles. The van der Waals surface area contributed by atoms with Crippen molar-refractivity contribution in [3.63, 3.8) is 0 Å². The number of carbonyl (C=O) groups excluding carboxylic acids is 1. The minimum atomic E-state index is -3.90. The SMILES string of the molecule is NC(=O)CONS(=O)(=O)c1ccc(CCC(=O)O)cc1. The smallest absolute Gasteiger partial charge is 0.303 e. The van der Waals surface area contributed by atoms with Gasteiger partial charge in [-0.1, -0.05) is 17.0 Å². The second-order valence-electron chi connectivity index (χ2n) is 3.88. The summed E-state index contributed by atoms with van der Waals surface area (Å²) in [5.41, 5.74) is 5.49. The Labute approximate surface area is 115 Å². The van der Waals surface area contributed by atoms with Crippen LogP contribution in [-0.4, -0.2) is 32.0 Å². The van der Waals surface area contributed by atoms with E-state index < -0.39 is 28.5 Å². The number of benzene rings is 1. The summed E-state index contributed by atoms with van der Waals surface area (Å²) >= 11 is 0. The van der Waals surface area contributed by atoms with Gasteiger partial charge in [0.05, 0.1) is 4.90 Å². The molecule has 0 aliphatic carbocycles. The molecular weight excluding hydrogens is 288 g/mol. The van der Waals surface area contributed by atoms with Gasteiger partial charge in [-0.3, -0.25) is 14.4 Å². The van der Waals surface area contributed by atoms with Crippen molar-refractivity contribution in [2.24, 2.45) is 5.73 Å². The molecule has 0 atom stereocenters. The molecule has 1 aromatic carbocycles. The Kier molecular flexibility index (Phi) is 5.62. The zero-order valence-electron chi connectivity index (χ0n) is 10.4. The maximum atomic E-state index is 11.7. The summed E-state index contributed by atoms with van der Waals surface area (Å²) in [4.78, 5) is 26.9. The number of nitrogens with two attached hydrogens (primary N) is 1. The summed E-state index contributed by atoms with van der Waals surface area (Å²) < 4.78 is 23.4. The van der Waals surface area contributed by atoms with Gasteiger partial charge in [0.1, 0.15) is 6.61 Å². The molecule has 1 rings (SSSR count). The van der Waals surface area contributed by atoms with Gasteiger partial charge >= 0.3 is 5.97 Å². The number of aliphatic carboxylic acids is 1. The standard InChI is InChI=1S/C11H14N2O6S/c12-10(14)7-19-13-20(17,18)9-4-1-8(2-5-9)3-6-11(15)16/h1-2,4-5,13H,3,6-7H2,(H2,12,14)(H,15,16). The molecule has 9 heteroatoms. The number of aryl methyl sites for hydroxylation is 1. The molecule has 0 saturated carbocycles. The Balaban J connectivity index is 2.66. The fourth-order valence-electron chi connectivity index (χ4n) is 1.31. The van der Waals surface area contributed by atoms with Crippen LogP contribution in [0.25, 0.3) is 0 Å². The number of primary amides is 1. The first-order valence-electron chi connectivity index (χ1n) is 5.54. The highest BCUT2D eigenvalue weighted by atomic mass is 32.2. The van der Waals surface area contributed by atoms with Crippen LogP contribution in [0.2, 0.25) is 0 Å². The number of hydrogen-bond donors (Lipinski definition) is 3. The van der Waals surface area contributed by atoms with Crippen molar-refractivity contribution in [3.8, 4) is 0 Å². The van der Waals surface area contributed by atoms with Crippen LogP contribution >= 0.6 is 0 Å². The number of rotatable bonds is 8. The van der Waals surface area contributed by atoms with Crippen LogP contribution in [0, 0.1) is 0 Å². The highest BCUT2D eigenvalue weighted by Crippen LogP contribution is 2.11. The van der Waals surface area contributed by atoms with Crippen molar-refractivity contribution in [3.05, 3.63) is 29.8 Å². The maximum Gasteiger partial charge on any atom is 0.303 e. The second-order valence-corrected chi connectivity index (χ2v) is 5.52. The summed E-state index contributed by atoms with van der Waals surface area (Å²) in [6.07, 6.45) is 0.271. The lowest BCUT2D eigenvalue weighted by atomic mass is 10.1. The van der Waals surface area contributed by atoms with Gasteiger partial charge in [0.2, 0.25) is 5.91 Å². The van der Waals surface area contributed by atoms with E-state index >= 15 is 0 Å². The Morgan fingerprint density at radius 1 is 1.25 bits per heavy atom. The van der Waals surface area contributed by atoms with Gasteiger partial charge in [-0.15, -0.1) is 0 Å². The summed E-state index contributed by atoms with van der Waals surface area (Å²) in [6.45, 7) is -0.573. The van der Waals surface area contributed by atoms with Crippen LogP contribution in [0.1, 0.15) is 12.0 Å². The average molecular weight is 302 g/mol. The maximum absolute atomic E-state index is 11.7. The Bertz CT molecular complexity index is 581. The molecule has 0 saturated heterocycles. The van der Waals surface area contributed by atoms with E-state index in [2.05, 4.69) is 4.84 Å². The van der Waals surface area contributed by atoms with Gasteiger partial charge in [0.25, 0.3) is 10.0 Å². The van der Waals surface area contributed by atoms with Crippen LogP contribution in [0.15, 0.2) is 29.2 Å². The summed E-state index contributed by atoms with van der Waals surface area (Å²) in [6, 6.07) is 5.64. The predicted molar refractivity (Wildman–Crippen MR) is 67.9 cm³/mol. The minimum absolute atomic E-state index is 0.0356. The molecule has 4 N–H and O–H groups in total. The average Bonchev–Trinajstić information content (AvgIpc) is 2.36. The quantitative estimate of drug-likeness (QED) is 0.548. The molecule has 0 aliphatic heterocycles. The second kappa shape index (κ2) is 6.98. The topological polar surface area (TPSA) is 136 Å². The number of carboxylic acids is 1. The van der Waals surface area contributed by atoms with Crippen molar-refractivity contribution >= 4 is 21.9 Å². The van der Waals surface area contributed by atoms with E-state index in [1.54, 1.807) is 4.89 Å². The first-order valence-corrected chi connectivity index (χ1v) is 7.02. The van der Waals surface area contributed by atoms with E-state index in [-0.39, 0.29) is 11.3 Å². The lowest BCUT2D eigenvalue weighted by Gasteiger charge is -2.06. The fraction of sp³-hybridized carbons (Fsp3) is 0.273. The van der Waals surface area contributed by atoms with E-state index in [1.165, 1.54) is 24.3 Å². The van der Waals surface area contributed by atoms with E-state index in [1.807, 2.05) is 0 Å². The van der Waals surface area contributed by atoms with Gasteiger partial charge in [-0.05, 0) is 24.1 Å². The fourth-order valence-corrected chi connectivity index (χ4v) is 2.12. The van der Waals surface area contributed by atoms with Gasteiger partial charge in [-0.25, -0.2) is 8.42 Å². The summed E-state index contributed by atoms with van der Waals surface area (Å²) in [7, 11) is -3.90. The Hall–Kier alpha value is -1.97. The van der Waals surface area contributed by atoms with Crippen LogP contribution < -0.4 is 10.6 Å². The molecule has 0 heterocycles. The van der Waals surface area contributed by atoms with E-state index in [0.29, 0.717) is 12.0 Å². The molecule has 110 valence electrons. The van der Waals surface area contributed by atoms with Crippen molar-refractivity contribution in [2.45, 2.75) is 17.7 Å². The number of carbonyl (C=O) groups is 2. The minimum Gasteiger partial charge on any atom is -0.481 e. The zero-order chi connectivity index (χ0) is 15.2. The molecule has 0 fully saturated rings. The molecule has 1 aromatic rings. The molecule has 20 heavy (non-hydrogen) atoms. The number of nitrogens with one attached hydrogen (secondary N) is 1. The zero-order valence-corrected chi connectivity index (χ0v) is 11.2. The summed E-state index contributed by atoms with van der Waals surface area (Å²) in [5.74, 6) is -1.74. The van der Waals surface area contributed by atoms with Crippen LogP contribution in [-0.2, 0) is 30.9 Å². The van der Waals surface area contributed by atoms with Crippen LogP contribution in [0.4, 0.5) is 0 Å². The van der Waals surface area contributed by atoms with Crippen molar-refractivity contribution < 1.29 is 28.0 Å². The summed E-state index contributed by atoms with van der Waals surface area (Å²) in [5, 5.41) is 8.54. The Morgan fingerprint density at radius 3 is 2.35 bits per heavy atom. The molecule has 1 amide bonds. The van der Waals surface area contributed by atoms with Gasteiger partial charge in [0, 0.05) is 6.42 Å². The highest BCUT2D eigenvalue weighted by Gasteiger charge is 2.14. The van der Waals surface area contributed by atoms with Crippen molar-refractivity contribution in [2.75, 3.05) is 6.61 Å². The van der Waals surface area contributed by atoms with Gasteiger partial charge in [0.15, 0.2) is 0 Å². The van der Waals surface area contributed by atoms with E-state index in [4.69, 9.17) is 10.8 Å². The lowest BCUT2D eigenvalue weighted by Crippen LogP contribution is -2.29. The first kappa shape index (κ1) is 16.1. The van der Waals surface area contributed by atoms with Gasteiger partial charge in [-0.2, -0.15) is 0 Å². The number of sulfonamides is 1. The third kappa shape index (κ3) is 5.34. The molecule has 0 spiro atoms. The lowest BCUT2D eigenvalue weighted by molar-refractivity contribution is -0.137. The molecular formula is C11H14N2O6S. The number of carboxylic acid groups (broad SMARTS) is 1. The van der Waals surface area contributed by atoms with E-state index in [0.717, 1.165) is 0 Å². The predicted octanol–water partition coefficient (Wildman–Crippen LogP) is -0.601. The first-order chi connectivity index (χ1) is 9.31. The Morgan fingerprint density at radius 2 is 1.85 bits per heavy atom. The molecule has 0 bridgehead atoms. The van der Waals surface area contributed by atoms with Crippen LogP contribution in [0.5, 0.6) is 0 Å². The third-order valence-electron chi connectivity index (χ3n) is 2.24. The molecule has 0 radical (unpaired) electrons. The monoisotopic (exact) mass is 302 g/mol. The normalized spacial score (nSPS) is 11.2.